The Morgan fingerprint density at radius 2 is 1.81 bits per heavy atom. The van der Waals surface area contributed by atoms with Crippen LogP contribution < -0.4 is 0 Å². The molecule has 0 aliphatic carbocycles. The van der Waals surface area contributed by atoms with Crippen LogP contribution in [0.15, 0.2) is 0 Å². The van der Waals surface area contributed by atoms with Crippen molar-refractivity contribution in [1.29, 1.82) is 0 Å². The molecule has 0 heterocycles. The van der Waals surface area contributed by atoms with E-state index in [-0.39, 0.29) is 24.7 Å². The van der Waals surface area contributed by atoms with Crippen molar-refractivity contribution in [3.05, 3.63) is 0 Å². The third kappa shape index (κ3) is 7.26. The fourth-order valence-corrected chi connectivity index (χ4v) is 1.26. The lowest BCUT2D eigenvalue weighted by Crippen LogP contribution is -2.17. The van der Waals surface area contributed by atoms with Gasteiger partial charge in [-0.05, 0) is 11.8 Å². The summed E-state index contributed by atoms with van der Waals surface area (Å²) >= 11 is 0. The largest absolute Gasteiger partial charge is 0.481 e. The Labute approximate surface area is 97.0 Å². The lowest BCUT2D eigenvalue weighted by Gasteiger charge is -2.13. The monoisotopic (exact) mass is 230 g/mol. The quantitative estimate of drug-likeness (QED) is 0.650. The van der Waals surface area contributed by atoms with E-state index < -0.39 is 5.97 Å². The Kier molecular flexibility index (Phi) is 7.60. The van der Waals surface area contributed by atoms with Gasteiger partial charge in [-0.25, -0.2) is 0 Å². The van der Waals surface area contributed by atoms with Crippen molar-refractivity contribution in [2.75, 3.05) is 6.61 Å². The van der Waals surface area contributed by atoms with Crippen molar-refractivity contribution < 1.29 is 19.4 Å². The fraction of sp³-hybridized carbons (Fsp3) is 0.833. The molecule has 1 N–H and O–H groups in total. The molecule has 0 bridgehead atoms. The highest BCUT2D eigenvalue weighted by Crippen LogP contribution is 2.14. The zero-order valence-corrected chi connectivity index (χ0v) is 10.4. The number of hydrogen-bond acceptors (Lipinski definition) is 3. The third-order valence-corrected chi connectivity index (χ3v) is 2.72. The van der Waals surface area contributed by atoms with E-state index in [2.05, 4.69) is 0 Å². The molecule has 0 aliphatic rings. The Morgan fingerprint density at radius 1 is 1.19 bits per heavy atom. The maximum absolute atomic E-state index is 11.4. The fourth-order valence-electron chi connectivity index (χ4n) is 1.26. The normalized spacial score (nSPS) is 14.2. The Hall–Kier alpha value is -1.06. The number of carboxylic acids is 1. The minimum absolute atomic E-state index is 0.0366. The third-order valence-electron chi connectivity index (χ3n) is 2.72. The summed E-state index contributed by atoms with van der Waals surface area (Å²) in [5.74, 6) is -0.889. The van der Waals surface area contributed by atoms with Crippen LogP contribution in [-0.2, 0) is 14.3 Å². The van der Waals surface area contributed by atoms with Crippen molar-refractivity contribution in [1.82, 2.24) is 0 Å². The van der Waals surface area contributed by atoms with E-state index in [1.807, 2.05) is 20.8 Å². The first-order valence-electron chi connectivity index (χ1n) is 5.86. The van der Waals surface area contributed by atoms with Gasteiger partial charge in [0.25, 0.3) is 0 Å². The molecular formula is C12H22O4. The summed E-state index contributed by atoms with van der Waals surface area (Å²) < 4.78 is 5.08. The molecule has 0 aromatic carbocycles. The number of aliphatic carboxylic acids is 1. The number of carbonyl (C=O) groups excluding carboxylic acids is 1. The van der Waals surface area contributed by atoms with E-state index in [9.17, 15) is 9.59 Å². The molecule has 4 heteroatoms. The summed E-state index contributed by atoms with van der Waals surface area (Å²) in [6, 6.07) is 0. The van der Waals surface area contributed by atoms with E-state index in [1.165, 1.54) is 0 Å². The maximum Gasteiger partial charge on any atom is 0.306 e. The van der Waals surface area contributed by atoms with Gasteiger partial charge in [-0.1, -0.05) is 33.6 Å². The molecule has 0 aromatic rings. The number of esters is 1. The van der Waals surface area contributed by atoms with E-state index in [4.69, 9.17) is 9.84 Å². The van der Waals surface area contributed by atoms with Gasteiger partial charge >= 0.3 is 11.9 Å². The zero-order chi connectivity index (χ0) is 12.6. The van der Waals surface area contributed by atoms with Crippen LogP contribution in [0.4, 0.5) is 0 Å². The molecule has 0 spiro atoms. The lowest BCUT2D eigenvalue weighted by atomic mass is 9.99. The topological polar surface area (TPSA) is 63.6 Å². The van der Waals surface area contributed by atoms with E-state index in [0.717, 1.165) is 6.42 Å². The maximum atomic E-state index is 11.4. The summed E-state index contributed by atoms with van der Waals surface area (Å²) in [7, 11) is 0. The van der Waals surface area contributed by atoms with Crippen molar-refractivity contribution in [2.24, 2.45) is 11.8 Å². The number of carboxylic acid groups (broad SMARTS) is 1. The van der Waals surface area contributed by atoms with Gasteiger partial charge in [0.1, 0.15) is 0 Å². The molecule has 0 radical (unpaired) electrons. The Balaban J connectivity index is 3.87. The number of ether oxygens (including phenoxy) is 1. The average Bonchev–Trinajstić information content (AvgIpc) is 2.24. The van der Waals surface area contributed by atoms with Crippen LogP contribution in [0, 0.1) is 11.8 Å². The summed E-state index contributed by atoms with van der Waals surface area (Å²) in [5.41, 5.74) is 0. The molecule has 4 nitrogen and oxygen atoms in total. The molecule has 16 heavy (non-hydrogen) atoms. The summed E-state index contributed by atoms with van der Waals surface area (Å²) in [4.78, 5) is 21.9. The van der Waals surface area contributed by atoms with Crippen LogP contribution in [0.3, 0.4) is 0 Å². The van der Waals surface area contributed by atoms with Crippen molar-refractivity contribution >= 4 is 11.9 Å². The van der Waals surface area contributed by atoms with E-state index in [1.54, 1.807) is 0 Å². The number of hydrogen-bond donors (Lipinski definition) is 1. The molecule has 94 valence electrons. The minimum atomic E-state index is -0.860. The first-order chi connectivity index (χ1) is 7.49. The summed E-state index contributed by atoms with van der Waals surface area (Å²) in [6.45, 7) is 6.37. The highest BCUT2D eigenvalue weighted by molar-refractivity contribution is 5.72. The van der Waals surface area contributed by atoms with E-state index >= 15 is 0 Å². The molecule has 0 aliphatic heterocycles. The Bertz CT molecular complexity index is 225. The van der Waals surface area contributed by atoms with Gasteiger partial charge in [-0.15, -0.1) is 0 Å². The lowest BCUT2D eigenvalue weighted by molar-refractivity contribution is -0.146. The first kappa shape index (κ1) is 14.9. The highest BCUT2D eigenvalue weighted by atomic mass is 16.5. The van der Waals surface area contributed by atoms with Crippen LogP contribution in [0.1, 0.15) is 46.5 Å². The molecule has 0 saturated heterocycles. The SMILES string of the molecule is CCC(C)COC(=O)CC(CC)CC(=O)O. The average molecular weight is 230 g/mol. The van der Waals surface area contributed by atoms with Gasteiger partial charge in [-0.3, -0.25) is 9.59 Å². The molecule has 0 aromatic heterocycles. The van der Waals surface area contributed by atoms with E-state index in [0.29, 0.717) is 18.9 Å². The van der Waals surface area contributed by atoms with Crippen molar-refractivity contribution in [3.63, 3.8) is 0 Å². The number of rotatable bonds is 8. The Morgan fingerprint density at radius 3 is 2.25 bits per heavy atom. The van der Waals surface area contributed by atoms with Crippen LogP contribution >= 0.6 is 0 Å². The van der Waals surface area contributed by atoms with Crippen LogP contribution in [0.2, 0.25) is 0 Å². The first-order valence-corrected chi connectivity index (χ1v) is 5.86. The van der Waals surface area contributed by atoms with Crippen LogP contribution in [0.5, 0.6) is 0 Å². The van der Waals surface area contributed by atoms with Gasteiger partial charge in [0.2, 0.25) is 0 Å². The van der Waals surface area contributed by atoms with Gasteiger partial charge < -0.3 is 9.84 Å². The number of carbonyl (C=O) groups is 2. The molecule has 2 atom stereocenters. The smallest absolute Gasteiger partial charge is 0.306 e. The highest BCUT2D eigenvalue weighted by Gasteiger charge is 2.16. The second-order valence-electron chi connectivity index (χ2n) is 4.27. The van der Waals surface area contributed by atoms with Gasteiger partial charge in [0.15, 0.2) is 0 Å². The predicted octanol–water partition coefficient (Wildman–Crippen LogP) is 2.47. The van der Waals surface area contributed by atoms with Crippen LogP contribution in [0.25, 0.3) is 0 Å². The molecule has 2 unspecified atom stereocenters. The summed E-state index contributed by atoms with van der Waals surface area (Å²) in [6.07, 6.45) is 1.90. The van der Waals surface area contributed by atoms with Crippen molar-refractivity contribution in [2.45, 2.75) is 46.5 Å². The standard InChI is InChI=1S/C12H22O4/c1-4-9(3)8-16-12(15)7-10(5-2)6-11(13)14/h9-10H,4-8H2,1-3H3,(H,13,14). The summed E-state index contributed by atoms with van der Waals surface area (Å²) in [5, 5.41) is 8.63. The van der Waals surface area contributed by atoms with Crippen molar-refractivity contribution in [3.8, 4) is 0 Å². The van der Waals surface area contributed by atoms with Gasteiger partial charge in [-0.2, -0.15) is 0 Å². The molecule has 0 amide bonds. The molecule has 0 fully saturated rings. The zero-order valence-electron chi connectivity index (χ0n) is 10.4. The van der Waals surface area contributed by atoms with Crippen LogP contribution in [-0.4, -0.2) is 23.7 Å². The second-order valence-corrected chi connectivity index (χ2v) is 4.27. The molecular weight excluding hydrogens is 208 g/mol. The predicted molar refractivity (Wildman–Crippen MR) is 61.1 cm³/mol. The van der Waals surface area contributed by atoms with Gasteiger partial charge in [0, 0.05) is 12.8 Å². The molecule has 0 saturated carbocycles. The molecule has 0 rings (SSSR count). The minimum Gasteiger partial charge on any atom is -0.481 e. The van der Waals surface area contributed by atoms with Gasteiger partial charge in [0.05, 0.1) is 6.61 Å². The second kappa shape index (κ2) is 8.13.